The molecule has 0 radical (unpaired) electrons. The van der Waals surface area contributed by atoms with Gasteiger partial charge in [0, 0.05) is 29.3 Å². The third-order valence-corrected chi connectivity index (χ3v) is 9.88. The van der Waals surface area contributed by atoms with Crippen molar-refractivity contribution in [2.75, 3.05) is 32.0 Å². The maximum absolute atomic E-state index is 13.5. The summed E-state index contributed by atoms with van der Waals surface area (Å²) in [5, 5.41) is 22.6. The van der Waals surface area contributed by atoms with Crippen molar-refractivity contribution >= 4 is 39.9 Å². The maximum Gasteiger partial charge on any atom is 0.230 e. The Hall–Kier alpha value is -3.76. The van der Waals surface area contributed by atoms with Crippen molar-refractivity contribution in [3.63, 3.8) is 0 Å². The zero-order valence-corrected chi connectivity index (χ0v) is 25.5. The van der Waals surface area contributed by atoms with Gasteiger partial charge in [0.25, 0.3) is 0 Å². The molecule has 0 spiro atoms. The number of methoxy groups -OCH3 is 3. The van der Waals surface area contributed by atoms with Gasteiger partial charge in [-0.2, -0.15) is 5.26 Å². The first-order chi connectivity index (χ1) is 20.4. The van der Waals surface area contributed by atoms with Gasteiger partial charge >= 0.3 is 0 Å². The van der Waals surface area contributed by atoms with Crippen molar-refractivity contribution in [3.05, 3.63) is 40.4 Å². The minimum absolute atomic E-state index is 0.0256. The largest absolute Gasteiger partial charge is 0.493 e. The third-order valence-electron chi connectivity index (χ3n) is 7.84. The number of nitrogens with two attached hydrogens (primary N) is 1. The number of hydrogen-bond donors (Lipinski definition) is 2. The molecule has 5 rings (SSSR count). The minimum Gasteiger partial charge on any atom is -0.493 e. The SMILES string of the molecule is COc1ccc(C2C(C#N)=C(N)N(c3nnc(SCC(=O)NC4CCCCC4)s3)C3=C2C(=O)CCC3)c(OC)c1OC. The molecule has 1 amide bonds. The molecule has 2 aliphatic carbocycles. The smallest absolute Gasteiger partial charge is 0.230 e. The molecule has 42 heavy (non-hydrogen) atoms. The lowest BCUT2D eigenvalue weighted by atomic mass is 9.75. The Kier molecular flexibility index (Phi) is 9.23. The number of ether oxygens (including phenoxy) is 3. The van der Waals surface area contributed by atoms with Gasteiger partial charge in [-0.1, -0.05) is 48.4 Å². The van der Waals surface area contributed by atoms with Gasteiger partial charge in [-0.3, -0.25) is 14.5 Å². The number of thioether (sulfide) groups is 1. The summed E-state index contributed by atoms with van der Waals surface area (Å²) in [6.45, 7) is 0. The number of hydrogen-bond acceptors (Lipinski definition) is 12. The van der Waals surface area contributed by atoms with E-state index in [2.05, 4.69) is 21.6 Å². The Balaban J connectivity index is 1.48. The van der Waals surface area contributed by atoms with Gasteiger partial charge in [0.15, 0.2) is 21.6 Å². The van der Waals surface area contributed by atoms with Crippen LogP contribution in [0.5, 0.6) is 17.2 Å². The highest BCUT2D eigenvalue weighted by Gasteiger charge is 2.43. The Labute approximate surface area is 253 Å². The van der Waals surface area contributed by atoms with Gasteiger partial charge < -0.3 is 25.3 Å². The molecular formula is C29H34N6O5S2. The van der Waals surface area contributed by atoms with E-state index in [1.54, 1.807) is 17.0 Å². The average molecular weight is 611 g/mol. The summed E-state index contributed by atoms with van der Waals surface area (Å²) in [6.07, 6.45) is 7.12. The molecule has 1 fully saturated rings. The first kappa shape index (κ1) is 29.7. The van der Waals surface area contributed by atoms with Crippen molar-refractivity contribution in [1.29, 1.82) is 5.26 Å². The normalized spacial score (nSPS) is 19.3. The van der Waals surface area contributed by atoms with Crippen LogP contribution in [0.15, 0.2) is 39.1 Å². The van der Waals surface area contributed by atoms with Crippen LogP contribution in [0.4, 0.5) is 5.13 Å². The molecule has 222 valence electrons. The highest BCUT2D eigenvalue weighted by atomic mass is 32.2. The molecule has 1 atom stereocenters. The van der Waals surface area contributed by atoms with Gasteiger partial charge in [0.1, 0.15) is 5.82 Å². The number of Topliss-reactive ketones (excluding diaryl/α,β-unsaturated/α-hetero) is 1. The zero-order valence-electron chi connectivity index (χ0n) is 23.9. The number of amides is 1. The molecule has 1 aromatic heterocycles. The van der Waals surface area contributed by atoms with E-state index in [0.29, 0.717) is 62.8 Å². The van der Waals surface area contributed by atoms with E-state index in [1.807, 2.05) is 0 Å². The van der Waals surface area contributed by atoms with Gasteiger partial charge in [0.05, 0.1) is 44.6 Å². The van der Waals surface area contributed by atoms with E-state index < -0.39 is 5.92 Å². The number of carbonyl (C=O) groups is 2. The van der Waals surface area contributed by atoms with Crippen LogP contribution in [-0.2, 0) is 9.59 Å². The van der Waals surface area contributed by atoms with Gasteiger partial charge in [0.2, 0.25) is 16.8 Å². The van der Waals surface area contributed by atoms with E-state index in [1.165, 1.54) is 50.8 Å². The van der Waals surface area contributed by atoms with Crippen LogP contribution in [0.25, 0.3) is 0 Å². The maximum atomic E-state index is 13.5. The van der Waals surface area contributed by atoms with E-state index in [-0.39, 0.29) is 34.9 Å². The van der Waals surface area contributed by atoms with Crippen LogP contribution in [0.2, 0.25) is 0 Å². The van der Waals surface area contributed by atoms with Crippen molar-refractivity contribution in [1.82, 2.24) is 15.5 Å². The molecule has 1 unspecified atom stereocenters. The number of nitrogens with zero attached hydrogens (tertiary/aromatic N) is 4. The molecule has 1 aromatic carbocycles. The zero-order chi connectivity index (χ0) is 29.8. The Bertz CT molecular complexity index is 1470. The number of carbonyl (C=O) groups excluding carboxylic acids is 2. The number of ketones is 1. The predicted octanol–water partition coefficient (Wildman–Crippen LogP) is 4.41. The summed E-state index contributed by atoms with van der Waals surface area (Å²) in [5.74, 6) is 0.741. The second-order valence-corrected chi connectivity index (χ2v) is 12.5. The summed E-state index contributed by atoms with van der Waals surface area (Å²) < 4.78 is 17.4. The first-order valence-corrected chi connectivity index (χ1v) is 15.7. The molecule has 0 saturated heterocycles. The lowest BCUT2D eigenvalue weighted by molar-refractivity contribution is -0.119. The average Bonchev–Trinajstić information content (AvgIpc) is 3.47. The molecule has 3 aliphatic rings. The lowest BCUT2D eigenvalue weighted by Gasteiger charge is -2.38. The number of benzene rings is 1. The Morgan fingerprint density at radius 3 is 2.57 bits per heavy atom. The molecule has 2 heterocycles. The molecule has 0 bridgehead atoms. The van der Waals surface area contributed by atoms with E-state index in [0.717, 1.165) is 25.7 Å². The van der Waals surface area contributed by atoms with Crippen molar-refractivity contribution < 1.29 is 23.8 Å². The number of aromatic nitrogens is 2. The number of rotatable bonds is 9. The fourth-order valence-corrected chi connectivity index (χ4v) is 7.65. The van der Waals surface area contributed by atoms with Crippen molar-refractivity contribution in [3.8, 4) is 23.3 Å². The van der Waals surface area contributed by atoms with Crippen LogP contribution in [0.3, 0.4) is 0 Å². The Morgan fingerprint density at radius 2 is 1.88 bits per heavy atom. The van der Waals surface area contributed by atoms with E-state index in [9.17, 15) is 14.9 Å². The van der Waals surface area contributed by atoms with Crippen molar-refractivity contribution in [2.45, 2.75) is 67.7 Å². The first-order valence-electron chi connectivity index (χ1n) is 13.9. The predicted molar refractivity (Wildman–Crippen MR) is 160 cm³/mol. The van der Waals surface area contributed by atoms with E-state index >= 15 is 0 Å². The summed E-state index contributed by atoms with van der Waals surface area (Å²) in [5.41, 5.74) is 8.65. The third kappa shape index (κ3) is 5.65. The number of nitrogens with one attached hydrogen (secondary N) is 1. The van der Waals surface area contributed by atoms with Gasteiger partial charge in [-0.15, -0.1) is 10.2 Å². The van der Waals surface area contributed by atoms with Crippen LogP contribution < -0.4 is 30.2 Å². The van der Waals surface area contributed by atoms with Gasteiger partial charge in [-0.05, 0) is 31.7 Å². The van der Waals surface area contributed by atoms with Crippen LogP contribution in [0.1, 0.15) is 62.8 Å². The monoisotopic (exact) mass is 610 g/mol. The number of allylic oxidation sites excluding steroid dienone is 3. The fraction of sp³-hybridized carbons (Fsp3) is 0.483. The molecule has 1 saturated carbocycles. The topological polar surface area (TPSA) is 153 Å². The van der Waals surface area contributed by atoms with Crippen LogP contribution in [-0.4, -0.2) is 55.0 Å². The molecule has 1 aliphatic heterocycles. The minimum atomic E-state index is -0.756. The quantitative estimate of drug-likeness (QED) is 0.388. The summed E-state index contributed by atoms with van der Waals surface area (Å²) in [7, 11) is 4.53. The summed E-state index contributed by atoms with van der Waals surface area (Å²) in [6, 6.07) is 5.99. The summed E-state index contributed by atoms with van der Waals surface area (Å²) in [4.78, 5) is 27.8. The molecule has 2 aromatic rings. The molecule has 13 heteroatoms. The highest BCUT2D eigenvalue weighted by Crippen LogP contribution is 2.52. The number of nitriles is 1. The summed E-state index contributed by atoms with van der Waals surface area (Å²) >= 11 is 2.58. The standard InChI is InChI=1S/C29H34N6O5S2/c1-38-21-13-12-17(25(39-2)26(21)40-3)23-18(14-30)27(31)35(19-10-7-11-20(36)24(19)23)28-33-34-29(42-28)41-15-22(37)32-16-8-5-4-6-9-16/h12-13,16,23H,4-11,15,31H2,1-3H3,(H,32,37). The fourth-order valence-electron chi connectivity index (χ4n) is 5.96. The van der Waals surface area contributed by atoms with Crippen LogP contribution in [0, 0.1) is 11.3 Å². The van der Waals surface area contributed by atoms with Gasteiger partial charge in [-0.25, -0.2) is 0 Å². The second-order valence-electron chi connectivity index (χ2n) is 10.3. The van der Waals surface area contributed by atoms with Crippen molar-refractivity contribution in [2.24, 2.45) is 5.73 Å². The van der Waals surface area contributed by atoms with Crippen LogP contribution >= 0.6 is 23.1 Å². The second kappa shape index (κ2) is 13.0. The highest BCUT2D eigenvalue weighted by molar-refractivity contribution is 8.01. The Morgan fingerprint density at radius 1 is 1.12 bits per heavy atom. The van der Waals surface area contributed by atoms with E-state index in [4.69, 9.17) is 19.9 Å². The molecule has 11 nitrogen and oxygen atoms in total. The molecule has 3 N–H and O–H groups in total. The lowest BCUT2D eigenvalue weighted by Crippen LogP contribution is -2.38. The molecular weight excluding hydrogens is 576 g/mol. The number of anilines is 1.